The van der Waals surface area contributed by atoms with Crippen molar-refractivity contribution in [2.45, 2.75) is 39.7 Å². The molecule has 0 bridgehead atoms. The summed E-state index contributed by atoms with van der Waals surface area (Å²) in [5, 5.41) is 9.69. The lowest BCUT2D eigenvalue weighted by molar-refractivity contribution is 0.102. The molecule has 1 amide bonds. The van der Waals surface area contributed by atoms with Gasteiger partial charge in [0, 0.05) is 9.75 Å². The maximum absolute atomic E-state index is 13.2. The maximum Gasteiger partial charge on any atom is 0.259 e. The van der Waals surface area contributed by atoms with Gasteiger partial charge >= 0.3 is 0 Å². The number of ether oxygens (including phenoxy) is 1. The summed E-state index contributed by atoms with van der Waals surface area (Å²) in [7, 11) is 0. The van der Waals surface area contributed by atoms with E-state index in [1.807, 2.05) is 31.2 Å². The van der Waals surface area contributed by atoms with Crippen molar-refractivity contribution in [1.29, 1.82) is 0 Å². The normalized spacial score (nSPS) is 12.6. The van der Waals surface area contributed by atoms with Crippen LogP contribution in [0, 0.1) is 6.92 Å². The van der Waals surface area contributed by atoms with E-state index in [0.29, 0.717) is 18.0 Å². The number of aryl methyl sites for hydroxylation is 2. The Morgan fingerprint density at radius 3 is 2.86 bits per heavy atom. The Morgan fingerprint density at radius 2 is 2.07 bits per heavy atom. The average Bonchev–Trinajstić information content (AvgIpc) is 3.37. The predicted molar refractivity (Wildman–Crippen MR) is 118 cm³/mol. The van der Waals surface area contributed by atoms with Gasteiger partial charge in [-0.15, -0.1) is 22.7 Å². The first kappa shape index (κ1) is 19.0. The molecule has 0 aliphatic heterocycles. The summed E-state index contributed by atoms with van der Waals surface area (Å²) in [5.74, 6) is 0.644. The number of hydrogen-bond acceptors (Lipinski definition) is 5. The Morgan fingerprint density at radius 1 is 1.21 bits per heavy atom. The molecule has 3 aromatic rings. The lowest BCUT2D eigenvalue weighted by Crippen LogP contribution is -2.16. The fourth-order valence-corrected chi connectivity index (χ4v) is 5.68. The van der Waals surface area contributed by atoms with Gasteiger partial charge in [0.25, 0.3) is 5.91 Å². The van der Waals surface area contributed by atoms with Crippen LogP contribution >= 0.6 is 22.7 Å². The number of thiophene rings is 2. The highest BCUT2D eigenvalue weighted by molar-refractivity contribution is 7.16. The SMILES string of the molecule is CCOc1ccccc1NC(=O)c1c(NCc2sccc2C)sc2c1CCC2. The van der Waals surface area contributed by atoms with Crippen molar-refractivity contribution in [3.8, 4) is 5.75 Å². The first-order valence-corrected chi connectivity index (χ1v) is 11.3. The molecule has 146 valence electrons. The van der Waals surface area contributed by atoms with E-state index < -0.39 is 0 Å². The van der Waals surface area contributed by atoms with Crippen molar-refractivity contribution >= 4 is 39.3 Å². The number of para-hydroxylation sites is 2. The van der Waals surface area contributed by atoms with Crippen molar-refractivity contribution in [1.82, 2.24) is 0 Å². The van der Waals surface area contributed by atoms with Crippen LogP contribution in [-0.4, -0.2) is 12.5 Å². The van der Waals surface area contributed by atoms with Crippen LogP contribution in [0.25, 0.3) is 0 Å². The highest BCUT2D eigenvalue weighted by atomic mass is 32.1. The minimum absolute atomic E-state index is 0.0584. The Kier molecular flexibility index (Phi) is 5.69. The molecular formula is C22H24N2O2S2. The summed E-state index contributed by atoms with van der Waals surface area (Å²) in [4.78, 5) is 15.9. The molecule has 6 heteroatoms. The summed E-state index contributed by atoms with van der Waals surface area (Å²) in [6, 6.07) is 9.73. The monoisotopic (exact) mass is 412 g/mol. The van der Waals surface area contributed by atoms with E-state index in [-0.39, 0.29) is 5.91 Å². The number of nitrogens with one attached hydrogen (secondary N) is 2. The van der Waals surface area contributed by atoms with Crippen molar-refractivity contribution in [2.24, 2.45) is 0 Å². The maximum atomic E-state index is 13.2. The molecule has 28 heavy (non-hydrogen) atoms. The highest BCUT2D eigenvalue weighted by Gasteiger charge is 2.27. The van der Waals surface area contributed by atoms with Crippen molar-refractivity contribution in [3.63, 3.8) is 0 Å². The molecule has 4 nitrogen and oxygen atoms in total. The Bertz CT molecular complexity index is 990. The van der Waals surface area contributed by atoms with Crippen LogP contribution in [-0.2, 0) is 19.4 Å². The number of carbonyl (C=O) groups is 1. The van der Waals surface area contributed by atoms with Crippen LogP contribution in [0.4, 0.5) is 10.7 Å². The van der Waals surface area contributed by atoms with E-state index in [0.717, 1.165) is 36.4 Å². The zero-order valence-corrected chi connectivity index (χ0v) is 17.8. The van der Waals surface area contributed by atoms with Crippen LogP contribution in [0.1, 0.15) is 44.6 Å². The number of benzene rings is 1. The largest absolute Gasteiger partial charge is 0.492 e. The zero-order valence-electron chi connectivity index (χ0n) is 16.1. The first-order valence-electron chi connectivity index (χ1n) is 9.62. The third kappa shape index (κ3) is 3.80. The van der Waals surface area contributed by atoms with Crippen molar-refractivity contribution in [2.75, 3.05) is 17.2 Å². The smallest absolute Gasteiger partial charge is 0.259 e. The highest BCUT2D eigenvalue weighted by Crippen LogP contribution is 2.40. The fourth-order valence-electron chi connectivity index (χ4n) is 3.55. The van der Waals surface area contributed by atoms with Crippen LogP contribution in [0.3, 0.4) is 0 Å². The second-order valence-electron chi connectivity index (χ2n) is 6.83. The molecule has 1 aromatic carbocycles. The van der Waals surface area contributed by atoms with Gasteiger partial charge in [0.1, 0.15) is 10.8 Å². The molecule has 0 saturated carbocycles. The molecule has 2 N–H and O–H groups in total. The average molecular weight is 413 g/mol. The van der Waals surface area contributed by atoms with Gasteiger partial charge in [-0.2, -0.15) is 0 Å². The molecule has 0 saturated heterocycles. The summed E-state index contributed by atoms with van der Waals surface area (Å²) >= 11 is 3.48. The van der Waals surface area contributed by atoms with Gasteiger partial charge in [0.15, 0.2) is 0 Å². The summed E-state index contributed by atoms with van der Waals surface area (Å²) in [6.07, 6.45) is 3.16. The summed E-state index contributed by atoms with van der Waals surface area (Å²) in [5.41, 5.74) is 4.02. The zero-order chi connectivity index (χ0) is 19.5. The number of rotatable bonds is 7. The molecule has 0 spiro atoms. The molecule has 0 atom stereocenters. The van der Waals surface area contributed by atoms with Gasteiger partial charge in [-0.1, -0.05) is 12.1 Å². The van der Waals surface area contributed by atoms with Crippen LogP contribution in [0.15, 0.2) is 35.7 Å². The molecule has 2 heterocycles. The minimum atomic E-state index is -0.0584. The van der Waals surface area contributed by atoms with E-state index in [1.165, 1.54) is 20.9 Å². The molecule has 0 fully saturated rings. The van der Waals surface area contributed by atoms with Gasteiger partial charge in [-0.25, -0.2) is 0 Å². The second-order valence-corrected chi connectivity index (χ2v) is 8.93. The molecule has 1 aliphatic carbocycles. The topological polar surface area (TPSA) is 50.4 Å². The van der Waals surface area contributed by atoms with Crippen LogP contribution in [0.5, 0.6) is 5.75 Å². The molecule has 4 rings (SSSR count). The number of carbonyl (C=O) groups excluding carboxylic acids is 1. The lowest BCUT2D eigenvalue weighted by atomic mass is 10.1. The van der Waals surface area contributed by atoms with Gasteiger partial charge in [0.2, 0.25) is 0 Å². The number of hydrogen-bond donors (Lipinski definition) is 2. The van der Waals surface area contributed by atoms with E-state index in [4.69, 9.17) is 4.74 Å². The van der Waals surface area contributed by atoms with Crippen molar-refractivity contribution in [3.05, 3.63) is 62.2 Å². The summed E-state index contributed by atoms with van der Waals surface area (Å²) < 4.78 is 5.66. The Balaban J connectivity index is 1.59. The quantitative estimate of drug-likeness (QED) is 0.510. The third-order valence-electron chi connectivity index (χ3n) is 4.96. The Hall–Kier alpha value is -2.31. The molecule has 0 unspecified atom stereocenters. The molecular weight excluding hydrogens is 388 g/mol. The van der Waals surface area contributed by atoms with E-state index in [1.54, 1.807) is 22.7 Å². The number of amides is 1. The fraction of sp³-hybridized carbons (Fsp3) is 0.318. The first-order chi connectivity index (χ1) is 13.7. The third-order valence-corrected chi connectivity index (χ3v) is 7.23. The Labute approximate surface area is 173 Å². The molecule has 0 radical (unpaired) electrons. The van der Waals surface area contributed by atoms with Crippen molar-refractivity contribution < 1.29 is 9.53 Å². The van der Waals surface area contributed by atoms with Crippen LogP contribution < -0.4 is 15.4 Å². The predicted octanol–water partition coefficient (Wildman–Crippen LogP) is 5.87. The minimum Gasteiger partial charge on any atom is -0.492 e. The second kappa shape index (κ2) is 8.37. The van der Waals surface area contributed by atoms with Gasteiger partial charge < -0.3 is 15.4 Å². The number of anilines is 2. The van der Waals surface area contributed by atoms with Gasteiger partial charge in [-0.3, -0.25) is 4.79 Å². The van der Waals surface area contributed by atoms with E-state index in [2.05, 4.69) is 29.0 Å². The standard InChI is InChI=1S/C22H24N2O2S2/c1-3-26-17-9-5-4-8-16(17)24-21(25)20-15-7-6-10-18(15)28-22(20)23-13-19-14(2)11-12-27-19/h4-5,8-9,11-12,23H,3,6-7,10,13H2,1-2H3,(H,24,25). The lowest BCUT2D eigenvalue weighted by Gasteiger charge is -2.13. The van der Waals surface area contributed by atoms with E-state index in [9.17, 15) is 4.79 Å². The van der Waals surface area contributed by atoms with E-state index >= 15 is 0 Å². The van der Waals surface area contributed by atoms with Crippen LogP contribution in [0.2, 0.25) is 0 Å². The van der Waals surface area contributed by atoms with Gasteiger partial charge in [-0.05, 0) is 67.8 Å². The van der Waals surface area contributed by atoms with Gasteiger partial charge in [0.05, 0.1) is 24.4 Å². The molecule has 2 aromatic heterocycles. The number of fused-ring (bicyclic) bond motifs is 1. The molecule has 1 aliphatic rings. The summed E-state index contributed by atoms with van der Waals surface area (Å²) in [6.45, 7) is 5.38.